The number of rotatable bonds is 3. The fraction of sp³-hybridized carbons (Fsp3) is 0.0667. The Hall–Kier alpha value is -2.00. The van der Waals surface area contributed by atoms with Gasteiger partial charge < -0.3 is 9.72 Å². The largest absolute Gasteiger partial charge is 0.489 e. The highest BCUT2D eigenvalue weighted by Crippen LogP contribution is 2.22. The predicted molar refractivity (Wildman–Crippen MR) is 74.0 cm³/mol. The molecule has 0 aliphatic carbocycles. The topological polar surface area (TPSA) is 25.0 Å². The van der Waals surface area contributed by atoms with Crippen LogP contribution in [0.2, 0.25) is 5.02 Å². The van der Waals surface area contributed by atoms with Crippen LogP contribution in [0.1, 0.15) is 5.56 Å². The molecule has 0 bridgehead atoms. The van der Waals surface area contributed by atoms with Gasteiger partial charge in [-0.15, -0.1) is 0 Å². The molecule has 2 aromatic carbocycles. The Bertz CT molecular complexity index is 723. The molecule has 19 heavy (non-hydrogen) atoms. The number of aromatic nitrogens is 1. The van der Waals surface area contributed by atoms with Crippen molar-refractivity contribution in [3.05, 3.63) is 65.1 Å². The first kappa shape index (κ1) is 12.1. The van der Waals surface area contributed by atoms with Gasteiger partial charge in [-0.05, 0) is 30.3 Å². The fourth-order valence-electron chi connectivity index (χ4n) is 1.94. The number of H-pyrrole nitrogens is 1. The van der Waals surface area contributed by atoms with Gasteiger partial charge in [0.05, 0.1) is 5.02 Å². The molecule has 0 unspecified atom stereocenters. The Labute approximate surface area is 114 Å². The number of benzene rings is 2. The molecule has 0 aliphatic rings. The maximum atomic E-state index is 13.7. The van der Waals surface area contributed by atoms with E-state index in [0.29, 0.717) is 11.3 Å². The summed E-state index contributed by atoms with van der Waals surface area (Å²) < 4.78 is 19.3. The molecule has 4 heteroatoms. The van der Waals surface area contributed by atoms with Crippen molar-refractivity contribution < 1.29 is 9.13 Å². The number of halogens is 2. The summed E-state index contributed by atoms with van der Waals surface area (Å²) in [5, 5.41) is 1.17. The maximum Gasteiger partial charge on any atom is 0.148 e. The molecule has 3 rings (SSSR count). The zero-order chi connectivity index (χ0) is 13.2. The summed E-state index contributed by atoms with van der Waals surface area (Å²) in [6.45, 7) is 0.155. The molecule has 0 spiro atoms. The molecule has 96 valence electrons. The van der Waals surface area contributed by atoms with Crippen molar-refractivity contribution in [3.63, 3.8) is 0 Å². The Morgan fingerprint density at radius 3 is 2.95 bits per heavy atom. The summed E-state index contributed by atoms with van der Waals surface area (Å²) in [6.07, 6.45) is 1.87. The van der Waals surface area contributed by atoms with Gasteiger partial charge in [-0.1, -0.05) is 23.7 Å². The molecule has 1 aromatic heterocycles. The highest BCUT2D eigenvalue weighted by atomic mass is 35.5. The molecule has 1 N–H and O–H groups in total. The van der Waals surface area contributed by atoms with Crippen molar-refractivity contribution >= 4 is 22.5 Å². The normalized spacial score (nSPS) is 10.8. The van der Waals surface area contributed by atoms with Crippen LogP contribution in [0, 0.1) is 5.82 Å². The van der Waals surface area contributed by atoms with Crippen molar-refractivity contribution in [2.75, 3.05) is 0 Å². The summed E-state index contributed by atoms with van der Waals surface area (Å²) in [6, 6.07) is 12.5. The second kappa shape index (κ2) is 4.94. The van der Waals surface area contributed by atoms with Gasteiger partial charge in [-0.3, -0.25) is 0 Å². The lowest BCUT2D eigenvalue weighted by Crippen LogP contribution is -1.98. The van der Waals surface area contributed by atoms with E-state index >= 15 is 0 Å². The van der Waals surface area contributed by atoms with E-state index in [9.17, 15) is 4.39 Å². The average Bonchev–Trinajstić information content (AvgIpc) is 2.88. The third-order valence-electron chi connectivity index (χ3n) is 2.95. The van der Waals surface area contributed by atoms with Gasteiger partial charge in [0, 0.05) is 22.7 Å². The van der Waals surface area contributed by atoms with Crippen molar-refractivity contribution in [1.82, 2.24) is 4.98 Å². The SMILES string of the molecule is Fc1c(Cl)cccc1COc1ccc2[nH]ccc2c1. The minimum atomic E-state index is -0.424. The van der Waals surface area contributed by atoms with Crippen molar-refractivity contribution in [2.24, 2.45) is 0 Å². The summed E-state index contributed by atoms with van der Waals surface area (Å²) >= 11 is 5.72. The molecular weight excluding hydrogens is 265 g/mol. The van der Waals surface area contributed by atoms with Crippen molar-refractivity contribution in [1.29, 1.82) is 0 Å². The van der Waals surface area contributed by atoms with Gasteiger partial charge in [-0.2, -0.15) is 0 Å². The highest BCUT2D eigenvalue weighted by Gasteiger charge is 2.07. The lowest BCUT2D eigenvalue weighted by Gasteiger charge is -2.08. The summed E-state index contributed by atoms with van der Waals surface area (Å²) in [4.78, 5) is 3.10. The summed E-state index contributed by atoms with van der Waals surface area (Å²) in [7, 11) is 0. The predicted octanol–water partition coefficient (Wildman–Crippen LogP) is 4.54. The van der Waals surface area contributed by atoms with E-state index in [0.717, 1.165) is 10.9 Å². The molecule has 1 heterocycles. The maximum absolute atomic E-state index is 13.7. The second-order valence-corrected chi connectivity index (χ2v) is 4.64. The van der Waals surface area contributed by atoms with E-state index < -0.39 is 5.82 Å². The van der Waals surface area contributed by atoms with Crippen LogP contribution >= 0.6 is 11.6 Å². The van der Waals surface area contributed by atoms with Crippen LogP contribution in [-0.2, 0) is 6.61 Å². The molecule has 0 atom stereocenters. The number of hydrogen-bond donors (Lipinski definition) is 1. The lowest BCUT2D eigenvalue weighted by atomic mass is 10.2. The van der Waals surface area contributed by atoms with Gasteiger partial charge in [0.2, 0.25) is 0 Å². The van der Waals surface area contributed by atoms with E-state index in [-0.39, 0.29) is 11.6 Å². The van der Waals surface area contributed by atoms with Crippen molar-refractivity contribution in [2.45, 2.75) is 6.61 Å². The molecule has 0 aliphatic heterocycles. The number of ether oxygens (including phenoxy) is 1. The van der Waals surface area contributed by atoms with E-state index in [1.54, 1.807) is 12.1 Å². The van der Waals surface area contributed by atoms with Crippen LogP contribution in [0.5, 0.6) is 5.75 Å². The number of nitrogens with one attached hydrogen (secondary N) is 1. The summed E-state index contributed by atoms with van der Waals surface area (Å²) in [5.41, 5.74) is 1.49. The van der Waals surface area contributed by atoms with Crippen LogP contribution < -0.4 is 4.74 Å². The van der Waals surface area contributed by atoms with Crippen LogP contribution in [0.4, 0.5) is 4.39 Å². The van der Waals surface area contributed by atoms with Crippen LogP contribution in [0.3, 0.4) is 0 Å². The minimum Gasteiger partial charge on any atom is -0.489 e. The van der Waals surface area contributed by atoms with E-state index in [1.807, 2.05) is 30.5 Å². The van der Waals surface area contributed by atoms with Crippen LogP contribution in [0.25, 0.3) is 10.9 Å². The Balaban J connectivity index is 1.80. The number of aromatic amines is 1. The quantitative estimate of drug-likeness (QED) is 0.746. The number of hydrogen-bond acceptors (Lipinski definition) is 1. The molecule has 0 radical (unpaired) electrons. The standard InChI is InChI=1S/C15H11ClFNO/c16-13-3-1-2-11(15(13)17)9-19-12-4-5-14-10(8-12)6-7-18-14/h1-8,18H,9H2. The first-order valence-electron chi connectivity index (χ1n) is 5.87. The monoisotopic (exact) mass is 275 g/mol. The van der Waals surface area contributed by atoms with Gasteiger partial charge in [0.25, 0.3) is 0 Å². The van der Waals surface area contributed by atoms with Crippen LogP contribution in [-0.4, -0.2) is 4.98 Å². The van der Waals surface area contributed by atoms with Crippen molar-refractivity contribution in [3.8, 4) is 5.75 Å². The molecule has 0 saturated heterocycles. The minimum absolute atomic E-state index is 0.113. The first-order valence-corrected chi connectivity index (χ1v) is 6.25. The fourth-order valence-corrected chi connectivity index (χ4v) is 2.14. The van der Waals surface area contributed by atoms with Gasteiger partial charge in [0.15, 0.2) is 0 Å². The van der Waals surface area contributed by atoms with E-state index in [2.05, 4.69) is 4.98 Å². The van der Waals surface area contributed by atoms with E-state index in [1.165, 1.54) is 6.07 Å². The lowest BCUT2D eigenvalue weighted by molar-refractivity contribution is 0.300. The smallest absolute Gasteiger partial charge is 0.148 e. The molecule has 0 fully saturated rings. The average molecular weight is 276 g/mol. The third kappa shape index (κ3) is 2.42. The highest BCUT2D eigenvalue weighted by molar-refractivity contribution is 6.30. The Kier molecular flexibility index (Phi) is 3.13. The Morgan fingerprint density at radius 2 is 2.05 bits per heavy atom. The summed E-state index contributed by atoms with van der Waals surface area (Å²) in [5.74, 6) is 0.276. The molecule has 0 amide bonds. The van der Waals surface area contributed by atoms with Gasteiger partial charge >= 0.3 is 0 Å². The van der Waals surface area contributed by atoms with E-state index in [4.69, 9.17) is 16.3 Å². The Morgan fingerprint density at radius 1 is 1.16 bits per heavy atom. The molecule has 3 aromatic rings. The van der Waals surface area contributed by atoms with Gasteiger partial charge in [-0.25, -0.2) is 4.39 Å². The second-order valence-electron chi connectivity index (χ2n) is 4.23. The number of fused-ring (bicyclic) bond motifs is 1. The third-order valence-corrected chi connectivity index (χ3v) is 3.24. The van der Waals surface area contributed by atoms with Crippen LogP contribution in [0.15, 0.2) is 48.7 Å². The zero-order valence-electron chi connectivity index (χ0n) is 9.99. The van der Waals surface area contributed by atoms with Gasteiger partial charge in [0.1, 0.15) is 18.2 Å². The molecule has 2 nitrogen and oxygen atoms in total. The first-order chi connectivity index (χ1) is 9.24. The zero-order valence-corrected chi connectivity index (χ0v) is 10.7. The molecular formula is C15H11ClFNO. The molecule has 0 saturated carbocycles.